The fourth-order valence-corrected chi connectivity index (χ4v) is 1.55. The van der Waals surface area contributed by atoms with Gasteiger partial charge in [0.2, 0.25) is 0 Å². The molecule has 0 unspecified atom stereocenters. The van der Waals surface area contributed by atoms with Gasteiger partial charge in [-0.15, -0.1) is 0 Å². The number of alkyl halides is 3. The average molecular weight is 245 g/mol. The Morgan fingerprint density at radius 2 is 2.00 bits per heavy atom. The summed E-state index contributed by atoms with van der Waals surface area (Å²) < 4.78 is 42.9. The lowest BCUT2D eigenvalue weighted by Gasteiger charge is -2.13. The van der Waals surface area contributed by atoms with Crippen molar-refractivity contribution in [1.29, 1.82) is 0 Å². The van der Waals surface area contributed by atoms with Gasteiger partial charge in [-0.05, 0) is 37.0 Å². The third kappa shape index (κ3) is 3.12. The van der Waals surface area contributed by atoms with E-state index in [0.29, 0.717) is 23.8 Å². The summed E-state index contributed by atoms with van der Waals surface area (Å²) in [7, 11) is 0. The minimum Gasteiger partial charge on any atom is -0.493 e. The van der Waals surface area contributed by atoms with Crippen LogP contribution in [0.3, 0.4) is 0 Å². The molecular weight excluding hydrogens is 231 g/mol. The number of hydrogen-bond donors (Lipinski definition) is 1. The van der Waals surface area contributed by atoms with Crippen LogP contribution in [0.15, 0.2) is 18.2 Å². The van der Waals surface area contributed by atoms with E-state index < -0.39 is 11.7 Å². The zero-order valence-electron chi connectivity index (χ0n) is 9.26. The molecule has 2 N–H and O–H groups in total. The lowest BCUT2D eigenvalue weighted by atomic mass is 10.1. The number of rotatable bonds is 4. The van der Waals surface area contributed by atoms with Crippen LogP contribution in [0.1, 0.15) is 24.0 Å². The van der Waals surface area contributed by atoms with Crippen LogP contribution in [0.25, 0.3) is 0 Å². The van der Waals surface area contributed by atoms with E-state index in [1.54, 1.807) is 0 Å². The first-order valence-electron chi connectivity index (χ1n) is 5.53. The SMILES string of the molecule is NCc1cc(C(F)(F)F)ccc1OCC1CC1. The van der Waals surface area contributed by atoms with Crippen molar-refractivity contribution in [2.24, 2.45) is 11.7 Å². The Labute approximate surface area is 97.6 Å². The molecule has 0 atom stereocenters. The normalized spacial score (nSPS) is 16.0. The summed E-state index contributed by atoms with van der Waals surface area (Å²) in [5.41, 5.74) is 5.16. The third-order valence-electron chi connectivity index (χ3n) is 2.78. The summed E-state index contributed by atoms with van der Waals surface area (Å²) in [6.45, 7) is 0.613. The van der Waals surface area contributed by atoms with Crippen molar-refractivity contribution in [1.82, 2.24) is 0 Å². The summed E-state index contributed by atoms with van der Waals surface area (Å²) >= 11 is 0. The van der Waals surface area contributed by atoms with Crippen molar-refractivity contribution in [3.63, 3.8) is 0 Å². The molecule has 1 fully saturated rings. The first kappa shape index (κ1) is 12.2. The highest BCUT2D eigenvalue weighted by Gasteiger charge is 2.31. The van der Waals surface area contributed by atoms with Crippen molar-refractivity contribution >= 4 is 0 Å². The van der Waals surface area contributed by atoms with Crippen LogP contribution in [0.5, 0.6) is 5.75 Å². The predicted molar refractivity (Wildman–Crippen MR) is 57.6 cm³/mol. The highest BCUT2D eigenvalue weighted by Crippen LogP contribution is 2.34. The van der Waals surface area contributed by atoms with Gasteiger partial charge < -0.3 is 10.5 Å². The molecule has 0 aliphatic heterocycles. The van der Waals surface area contributed by atoms with Crippen LogP contribution in [-0.2, 0) is 12.7 Å². The summed E-state index contributed by atoms with van der Waals surface area (Å²) in [4.78, 5) is 0. The van der Waals surface area contributed by atoms with Crippen molar-refractivity contribution < 1.29 is 17.9 Å². The maximum atomic E-state index is 12.5. The van der Waals surface area contributed by atoms with Gasteiger partial charge in [-0.1, -0.05) is 0 Å². The van der Waals surface area contributed by atoms with Gasteiger partial charge in [0.15, 0.2) is 0 Å². The molecule has 0 saturated heterocycles. The molecule has 0 heterocycles. The zero-order chi connectivity index (χ0) is 12.5. The van der Waals surface area contributed by atoms with E-state index in [4.69, 9.17) is 10.5 Å². The minimum absolute atomic E-state index is 0.0456. The van der Waals surface area contributed by atoms with Crippen LogP contribution in [-0.4, -0.2) is 6.61 Å². The molecule has 2 rings (SSSR count). The first-order chi connectivity index (χ1) is 8.00. The lowest BCUT2D eigenvalue weighted by molar-refractivity contribution is -0.137. The minimum atomic E-state index is -4.33. The van der Waals surface area contributed by atoms with Crippen molar-refractivity contribution in [2.75, 3.05) is 6.61 Å². The van der Waals surface area contributed by atoms with Crippen LogP contribution in [0, 0.1) is 5.92 Å². The van der Waals surface area contributed by atoms with E-state index in [1.165, 1.54) is 6.07 Å². The monoisotopic (exact) mass is 245 g/mol. The maximum Gasteiger partial charge on any atom is 0.416 e. The van der Waals surface area contributed by atoms with Crippen LogP contribution in [0.4, 0.5) is 13.2 Å². The molecule has 2 nitrogen and oxygen atoms in total. The molecule has 1 aromatic carbocycles. The van der Waals surface area contributed by atoms with Crippen LogP contribution >= 0.6 is 0 Å². The van der Waals surface area contributed by atoms with E-state index in [1.807, 2.05) is 0 Å². The number of benzene rings is 1. The second-order valence-corrected chi connectivity index (χ2v) is 4.28. The van der Waals surface area contributed by atoms with Gasteiger partial charge in [0.05, 0.1) is 12.2 Å². The Bertz CT molecular complexity index is 399. The Hall–Kier alpha value is -1.23. The Kier molecular flexibility index (Phi) is 3.28. The molecule has 0 radical (unpaired) electrons. The largest absolute Gasteiger partial charge is 0.493 e. The molecule has 5 heteroatoms. The topological polar surface area (TPSA) is 35.2 Å². The Balaban J connectivity index is 2.15. The number of nitrogens with two attached hydrogens (primary N) is 1. The van der Waals surface area contributed by atoms with Crippen molar-refractivity contribution in [3.05, 3.63) is 29.3 Å². The van der Waals surface area contributed by atoms with Gasteiger partial charge in [0.25, 0.3) is 0 Å². The molecule has 94 valence electrons. The fourth-order valence-electron chi connectivity index (χ4n) is 1.55. The van der Waals surface area contributed by atoms with Gasteiger partial charge in [-0.2, -0.15) is 13.2 Å². The molecule has 0 bridgehead atoms. The first-order valence-corrected chi connectivity index (χ1v) is 5.53. The smallest absolute Gasteiger partial charge is 0.416 e. The highest BCUT2D eigenvalue weighted by atomic mass is 19.4. The van der Waals surface area contributed by atoms with Crippen LogP contribution < -0.4 is 10.5 Å². The van der Waals surface area contributed by atoms with E-state index in [9.17, 15) is 13.2 Å². The molecule has 1 saturated carbocycles. The number of hydrogen-bond acceptors (Lipinski definition) is 2. The Morgan fingerprint density at radius 3 is 2.53 bits per heavy atom. The second-order valence-electron chi connectivity index (χ2n) is 4.28. The van der Waals surface area contributed by atoms with Crippen molar-refractivity contribution in [2.45, 2.75) is 25.6 Å². The zero-order valence-corrected chi connectivity index (χ0v) is 9.26. The van der Waals surface area contributed by atoms with Gasteiger partial charge in [0, 0.05) is 12.1 Å². The second kappa shape index (κ2) is 4.56. The molecule has 1 aliphatic carbocycles. The third-order valence-corrected chi connectivity index (χ3v) is 2.78. The predicted octanol–water partition coefficient (Wildman–Crippen LogP) is 2.95. The molecular formula is C12H14F3NO. The lowest BCUT2D eigenvalue weighted by Crippen LogP contribution is -2.09. The summed E-state index contributed by atoms with van der Waals surface area (Å²) in [5.74, 6) is 1.02. The van der Waals surface area contributed by atoms with Gasteiger partial charge in [-0.3, -0.25) is 0 Å². The molecule has 0 aromatic heterocycles. The highest BCUT2D eigenvalue weighted by molar-refractivity contribution is 5.38. The van der Waals surface area contributed by atoms with E-state index in [-0.39, 0.29) is 6.54 Å². The summed E-state index contributed by atoms with van der Waals surface area (Å²) in [6.07, 6.45) is -2.06. The summed E-state index contributed by atoms with van der Waals surface area (Å²) in [6, 6.07) is 3.44. The number of halogens is 3. The van der Waals surface area contributed by atoms with Gasteiger partial charge in [-0.25, -0.2) is 0 Å². The van der Waals surface area contributed by atoms with E-state index in [0.717, 1.165) is 25.0 Å². The summed E-state index contributed by atoms with van der Waals surface area (Å²) in [5, 5.41) is 0. The van der Waals surface area contributed by atoms with Crippen LogP contribution in [0.2, 0.25) is 0 Å². The molecule has 17 heavy (non-hydrogen) atoms. The number of ether oxygens (including phenoxy) is 1. The van der Waals surface area contributed by atoms with Gasteiger partial charge >= 0.3 is 6.18 Å². The van der Waals surface area contributed by atoms with Gasteiger partial charge in [0.1, 0.15) is 5.75 Å². The van der Waals surface area contributed by atoms with E-state index in [2.05, 4.69) is 0 Å². The molecule has 0 amide bonds. The quantitative estimate of drug-likeness (QED) is 0.885. The fraction of sp³-hybridized carbons (Fsp3) is 0.500. The molecule has 1 aromatic rings. The average Bonchev–Trinajstić information content (AvgIpc) is 3.08. The Morgan fingerprint density at radius 1 is 1.29 bits per heavy atom. The molecule has 0 spiro atoms. The molecule has 1 aliphatic rings. The maximum absolute atomic E-state index is 12.5. The van der Waals surface area contributed by atoms with Crippen molar-refractivity contribution in [3.8, 4) is 5.75 Å². The standard InChI is InChI=1S/C12H14F3NO/c13-12(14,15)10-3-4-11(9(5-10)6-16)17-7-8-1-2-8/h3-5,8H,1-2,6-7,16H2. The van der Waals surface area contributed by atoms with E-state index >= 15 is 0 Å².